The molecule has 1 amide bonds. The maximum absolute atomic E-state index is 11.5. The number of carbonyl (C=O) groups excluding carboxylic acids is 1. The lowest BCUT2D eigenvalue weighted by Gasteiger charge is -2.07. The molecule has 146 valence electrons. The van der Waals surface area contributed by atoms with Crippen LogP contribution in [-0.2, 0) is 11.3 Å². The summed E-state index contributed by atoms with van der Waals surface area (Å²) in [5.41, 5.74) is 3.38. The fourth-order valence-corrected chi connectivity index (χ4v) is 3.82. The van der Waals surface area contributed by atoms with E-state index in [0.717, 1.165) is 38.3 Å². The van der Waals surface area contributed by atoms with Crippen molar-refractivity contribution in [3.8, 4) is 17.0 Å². The molecular formula is C22H20N4O2S. The van der Waals surface area contributed by atoms with E-state index in [4.69, 9.17) is 14.8 Å². The van der Waals surface area contributed by atoms with Crippen LogP contribution in [0.3, 0.4) is 0 Å². The normalized spacial score (nSPS) is 10.8. The van der Waals surface area contributed by atoms with Gasteiger partial charge in [0.2, 0.25) is 5.91 Å². The van der Waals surface area contributed by atoms with Crippen LogP contribution in [-0.4, -0.2) is 27.6 Å². The Morgan fingerprint density at radius 2 is 1.93 bits per heavy atom. The number of fused-ring (bicyclic) bond motifs is 1. The smallest absolute Gasteiger partial charge is 0.217 e. The molecule has 0 fully saturated rings. The molecule has 0 radical (unpaired) electrons. The molecule has 0 aliphatic heterocycles. The van der Waals surface area contributed by atoms with Gasteiger partial charge in [-0.1, -0.05) is 48.2 Å². The van der Waals surface area contributed by atoms with Gasteiger partial charge in [-0.15, -0.1) is 0 Å². The zero-order chi connectivity index (χ0) is 20.2. The van der Waals surface area contributed by atoms with Crippen molar-refractivity contribution in [2.45, 2.75) is 23.4 Å². The summed E-state index contributed by atoms with van der Waals surface area (Å²) in [6.07, 6.45) is 0. The third-order valence-electron chi connectivity index (χ3n) is 4.36. The van der Waals surface area contributed by atoms with Crippen LogP contribution in [0.4, 0.5) is 0 Å². The van der Waals surface area contributed by atoms with Gasteiger partial charge in [-0.3, -0.25) is 4.79 Å². The Kier molecular flexibility index (Phi) is 5.48. The average molecular weight is 404 g/mol. The zero-order valence-electron chi connectivity index (χ0n) is 16.1. The SMILES string of the molecule is COc1cccc(Sc2ccc3nc(-c4ccccc4)c(CNC(C)=O)n3n2)c1. The van der Waals surface area contributed by atoms with Crippen molar-refractivity contribution in [2.24, 2.45) is 0 Å². The Morgan fingerprint density at radius 3 is 2.69 bits per heavy atom. The van der Waals surface area contributed by atoms with E-state index in [0.29, 0.717) is 6.54 Å². The molecule has 4 rings (SSSR count). The second kappa shape index (κ2) is 8.36. The number of rotatable bonds is 6. The third kappa shape index (κ3) is 4.25. The molecular weight excluding hydrogens is 384 g/mol. The Balaban J connectivity index is 1.76. The van der Waals surface area contributed by atoms with Crippen molar-refractivity contribution in [1.82, 2.24) is 19.9 Å². The summed E-state index contributed by atoms with van der Waals surface area (Å²) in [6.45, 7) is 1.85. The van der Waals surface area contributed by atoms with Gasteiger partial charge in [-0.25, -0.2) is 9.50 Å². The molecule has 7 heteroatoms. The lowest BCUT2D eigenvalue weighted by atomic mass is 10.1. The number of nitrogens with one attached hydrogen (secondary N) is 1. The molecule has 2 heterocycles. The van der Waals surface area contributed by atoms with E-state index < -0.39 is 0 Å². The van der Waals surface area contributed by atoms with Gasteiger partial charge in [0.15, 0.2) is 5.65 Å². The van der Waals surface area contributed by atoms with Crippen LogP contribution in [0.2, 0.25) is 0 Å². The number of methoxy groups -OCH3 is 1. The molecule has 2 aromatic carbocycles. The molecule has 0 aliphatic carbocycles. The van der Waals surface area contributed by atoms with Gasteiger partial charge in [0, 0.05) is 17.4 Å². The van der Waals surface area contributed by atoms with Crippen molar-refractivity contribution in [3.05, 3.63) is 72.4 Å². The lowest BCUT2D eigenvalue weighted by Crippen LogP contribution is -2.20. The van der Waals surface area contributed by atoms with Crippen molar-refractivity contribution >= 4 is 23.3 Å². The molecule has 0 bridgehead atoms. The van der Waals surface area contributed by atoms with Gasteiger partial charge in [-0.2, -0.15) is 5.10 Å². The van der Waals surface area contributed by atoms with E-state index >= 15 is 0 Å². The average Bonchev–Trinajstić information content (AvgIpc) is 3.11. The zero-order valence-corrected chi connectivity index (χ0v) is 16.9. The van der Waals surface area contributed by atoms with Gasteiger partial charge in [-0.05, 0) is 30.3 Å². The second-order valence-electron chi connectivity index (χ2n) is 6.41. The van der Waals surface area contributed by atoms with Gasteiger partial charge < -0.3 is 10.1 Å². The van der Waals surface area contributed by atoms with E-state index in [1.54, 1.807) is 23.4 Å². The summed E-state index contributed by atoms with van der Waals surface area (Å²) >= 11 is 1.54. The third-order valence-corrected chi connectivity index (χ3v) is 5.28. The minimum Gasteiger partial charge on any atom is -0.497 e. The number of amides is 1. The van der Waals surface area contributed by atoms with E-state index in [1.807, 2.05) is 66.7 Å². The fourth-order valence-electron chi connectivity index (χ4n) is 3.00. The number of benzene rings is 2. The Morgan fingerprint density at radius 1 is 1.10 bits per heavy atom. The number of carbonyl (C=O) groups is 1. The van der Waals surface area contributed by atoms with E-state index in [-0.39, 0.29) is 5.91 Å². The number of aromatic nitrogens is 3. The lowest BCUT2D eigenvalue weighted by molar-refractivity contribution is -0.119. The molecule has 0 unspecified atom stereocenters. The van der Waals surface area contributed by atoms with Crippen molar-refractivity contribution in [3.63, 3.8) is 0 Å². The van der Waals surface area contributed by atoms with Crippen molar-refractivity contribution in [1.29, 1.82) is 0 Å². The highest BCUT2D eigenvalue weighted by molar-refractivity contribution is 7.99. The predicted octanol–water partition coefficient (Wildman–Crippen LogP) is 4.19. The number of hydrogen-bond donors (Lipinski definition) is 1. The van der Waals surface area contributed by atoms with Crippen LogP contribution < -0.4 is 10.1 Å². The van der Waals surface area contributed by atoms with Gasteiger partial charge in [0.25, 0.3) is 0 Å². The van der Waals surface area contributed by atoms with Crippen LogP contribution in [0.5, 0.6) is 5.75 Å². The van der Waals surface area contributed by atoms with Crippen LogP contribution >= 0.6 is 11.8 Å². The van der Waals surface area contributed by atoms with Gasteiger partial charge >= 0.3 is 0 Å². The highest BCUT2D eigenvalue weighted by atomic mass is 32.2. The molecule has 1 N–H and O–H groups in total. The molecule has 2 aromatic heterocycles. The minimum absolute atomic E-state index is 0.0964. The predicted molar refractivity (Wildman–Crippen MR) is 113 cm³/mol. The van der Waals surface area contributed by atoms with E-state index in [1.165, 1.54) is 6.92 Å². The quantitative estimate of drug-likeness (QED) is 0.522. The van der Waals surface area contributed by atoms with Crippen LogP contribution in [0.1, 0.15) is 12.6 Å². The Labute approximate surface area is 172 Å². The maximum Gasteiger partial charge on any atom is 0.217 e. The number of ether oxygens (including phenoxy) is 1. The summed E-state index contributed by atoms with van der Waals surface area (Å²) in [6, 6.07) is 21.7. The van der Waals surface area contributed by atoms with E-state index in [9.17, 15) is 4.79 Å². The number of hydrogen-bond acceptors (Lipinski definition) is 5. The first kappa shape index (κ1) is 19.0. The summed E-state index contributed by atoms with van der Waals surface area (Å²) in [5.74, 6) is 0.706. The number of imidazole rings is 1. The Hall–Kier alpha value is -3.32. The first-order valence-electron chi connectivity index (χ1n) is 9.14. The standard InChI is InChI=1S/C22H20N4O2S/c1-15(27)23-14-19-22(16-7-4-3-5-8-16)24-20-11-12-21(25-26(19)20)29-18-10-6-9-17(13-18)28-2/h3-13H,14H2,1-2H3,(H,23,27). The highest BCUT2D eigenvalue weighted by Crippen LogP contribution is 2.30. The number of nitrogens with zero attached hydrogens (tertiary/aromatic N) is 3. The molecule has 0 aliphatic rings. The van der Waals surface area contributed by atoms with Crippen LogP contribution in [0, 0.1) is 0 Å². The molecule has 6 nitrogen and oxygen atoms in total. The summed E-state index contributed by atoms with van der Waals surface area (Å²) in [7, 11) is 1.65. The van der Waals surface area contributed by atoms with E-state index in [2.05, 4.69) is 5.32 Å². The molecule has 0 atom stereocenters. The fraction of sp³-hybridized carbons (Fsp3) is 0.136. The minimum atomic E-state index is -0.0964. The maximum atomic E-state index is 11.5. The largest absolute Gasteiger partial charge is 0.497 e. The van der Waals surface area contributed by atoms with Gasteiger partial charge in [0.1, 0.15) is 10.8 Å². The van der Waals surface area contributed by atoms with Crippen molar-refractivity contribution in [2.75, 3.05) is 7.11 Å². The molecule has 0 saturated heterocycles. The van der Waals surface area contributed by atoms with Crippen LogP contribution in [0.15, 0.2) is 76.7 Å². The topological polar surface area (TPSA) is 68.5 Å². The highest BCUT2D eigenvalue weighted by Gasteiger charge is 2.16. The Bertz CT molecular complexity index is 1160. The van der Waals surface area contributed by atoms with Gasteiger partial charge in [0.05, 0.1) is 25.0 Å². The molecule has 0 spiro atoms. The summed E-state index contributed by atoms with van der Waals surface area (Å²) in [4.78, 5) is 17.3. The first-order chi connectivity index (χ1) is 14.1. The molecule has 4 aromatic rings. The second-order valence-corrected chi connectivity index (χ2v) is 7.50. The molecule has 0 saturated carbocycles. The summed E-state index contributed by atoms with van der Waals surface area (Å²) < 4.78 is 7.11. The monoisotopic (exact) mass is 404 g/mol. The van der Waals surface area contributed by atoms with Crippen LogP contribution in [0.25, 0.3) is 16.9 Å². The molecule has 29 heavy (non-hydrogen) atoms. The first-order valence-corrected chi connectivity index (χ1v) is 9.96. The summed E-state index contributed by atoms with van der Waals surface area (Å²) in [5, 5.41) is 8.47. The van der Waals surface area contributed by atoms with Crippen molar-refractivity contribution < 1.29 is 9.53 Å².